The molecule has 0 spiro atoms. The molecule has 0 aromatic heterocycles. The van der Waals surface area contributed by atoms with Gasteiger partial charge in [-0.25, -0.2) is 8.42 Å². The van der Waals surface area contributed by atoms with Gasteiger partial charge in [0.15, 0.2) is 0 Å². The van der Waals surface area contributed by atoms with Crippen LogP contribution in [-0.2, 0) is 10.0 Å². The number of nitrogens with one attached hydrogen (secondary N) is 2. The van der Waals surface area contributed by atoms with Crippen molar-refractivity contribution in [2.75, 3.05) is 18.9 Å². The molecule has 0 radical (unpaired) electrons. The van der Waals surface area contributed by atoms with Gasteiger partial charge in [0.2, 0.25) is 0 Å². The predicted molar refractivity (Wildman–Crippen MR) is 118 cm³/mol. The number of aryl methyl sites for hydroxylation is 1. The van der Waals surface area contributed by atoms with Gasteiger partial charge in [-0.15, -0.1) is 0 Å². The number of halogens is 1. The minimum absolute atomic E-state index is 0.00584. The predicted octanol–water partition coefficient (Wildman–Crippen LogP) is 4.38. The van der Waals surface area contributed by atoms with E-state index in [1.165, 1.54) is 32.4 Å². The van der Waals surface area contributed by atoms with Crippen molar-refractivity contribution >= 4 is 33.2 Å². The van der Waals surface area contributed by atoms with E-state index >= 15 is 0 Å². The number of methoxy groups -OCH3 is 2. The van der Waals surface area contributed by atoms with Crippen molar-refractivity contribution < 1.29 is 22.7 Å². The van der Waals surface area contributed by atoms with E-state index < -0.39 is 10.0 Å². The van der Waals surface area contributed by atoms with Crippen molar-refractivity contribution in [1.29, 1.82) is 0 Å². The van der Waals surface area contributed by atoms with Crippen LogP contribution < -0.4 is 19.5 Å². The fraction of sp³-hybridized carbons (Fsp3) is 0.381. The molecule has 0 saturated heterocycles. The van der Waals surface area contributed by atoms with Gasteiger partial charge in [-0.1, -0.05) is 31.5 Å². The fourth-order valence-corrected chi connectivity index (χ4v) is 4.51. The molecule has 9 heteroatoms. The zero-order chi connectivity index (χ0) is 22.5. The van der Waals surface area contributed by atoms with Gasteiger partial charge in [0, 0.05) is 17.7 Å². The SMILES string of the molecule is CCC(CC)NC(=O)c1ccc(C)c(S(=O)(=O)Nc2cc(Cl)c(OC)cc2OC)c1. The number of benzene rings is 2. The lowest BCUT2D eigenvalue weighted by Gasteiger charge is -2.17. The van der Waals surface area contributed by atoms with Crippen LogP contribution in [0.2, 0.25) is 5.02 Å². The summed E-state index contributed by atoms with van der Waals surface area (Å²) < 4.78 is 39.1. The minimum atomic E-state index is -4.02. The molecule has 7 nitrogen and oxygen atoms in total. The van der Waals surface area contributed by atoms with Crippen LogP contribution in [0.5, 0.6) is 11.5 Å². The summed E-state index contributed by atoms with van der Waals surface area (Å²) >= 11 is 6.14. The molecule has 0 aliphatic carbocycles. The van der Waals surface area contributed by atoms with Gasteiger partial charge in [-0.3, -0.25) is 9.52 Å². The van der Waals surface area contributed by atoms with Crippen LogP contribution in [0.4, 0.5) is 5.69 Å². The van der Waals surface area contributed by atoms with Crippen molar-refractivity contribution in [2.24, 2.45) is 0 Å². The number of carbonyl (C=O) groups is 1. The first-order valence-electron chi connectivity index (χ1n) is 9.52. The third kappa shape index (κ3) is 5.37. The molecule has 30 heavy (non-hydrogen) atoms. The largest absolute Gasteiger partial charge is 0.495 e. The van der Waals surface area contributed by atoms with Gasteiger partial charge in [-0.05, 0) is 43.5 Å². The van der Waals surface area contributed by atoms with Crippen molar-refractivity contribution in [3.05, 3.63) is 46.5 Å². The van der Waals surface area contributed by atoms with Crippen LogP contribution in [0, 0.1) is 6.92 Å². The number of amides is 1. The van der Waals surface area contributed by atoms with E-state index in [4.69, 9.17) is 21.1 Å². The van der Waals surface area contributed by atoms with Crippen LogP contribution in [0.15, 0.2) is 35.2 Å². The molecule has 2 N–H and O–H groups in total. The first-order chi connectivity index (χ1) is 14.2. The second-order valence-corrected chi connectivity index (χ2v) is 8.82. The number of ether oxygens (including phenoxy) is 2. The summed E-state index contributed by atoms with van der Waals surface area (Å²) in [5, 5.41) is 3.14. The Morgan fingerprint density at radius 2 is 1.70 bits per heavy atom. The average molecular weight is 455 g/mol. The molecular formula is C21H27ClN2O5S. The molecule has 2 aromatic carbocycles. The molecule has 0 unspecified atom stereocenters. The standard InChI is InChI=1S/C21H27ClN2O5S/c1-6-15(7-2)23-21(25)14-9-8-13(3)20(10-14)30(26,27)24-17-11-16(22)18(28-4)12-19(17)29-5/h8-12,15,24H,6-7H2,1-5H3,(H,23,25). The number of carbonyl (C=O) groups excluding carboxylic acids is 1. The molecule has 0 heterocycles. The van der Waals surface area contributed by atoms with Crippen LogP contribution in [-0.4, -0.2) is 34.6 Å². The van der Waals surface area contributed by atoms with Crippen molar-refractivity contribution in [2.45, 2.75) is 44.6 Å². The lowest BCUT2D eigenvalue weighted by Crippen LogP contribution is -2.34. The zero-order valence-electron chi connectivity index (χ0n) is 17.7. The Kier molecular flexibility index (Phi) is 7.97. The summed E-state index contributed by atoms with van der Waals surface area (Å²) in [6.07, 6.45) is 1.58. The molecule has 2 aromatic rings. The number of sulfonamides is 1. The Bertz CT molecular complexity index is 1020. The molecular weight excluding hydrogens is 428 g/mol. The molecule has 0 aliphatic rings. The highest BCUT2D eigenvalue weighted by atomic mass is 35.5. The summed E-state index contributed by atoms with van der Waals surface area (Å²) in [5.41, 5.74) is 0.933. The Labute approximate surface area is 182 Å². The van der Waals surface area contributed by atoms with Gasteiger partial charge in [0.05, 0.1) is 29.8 Å². The highest BCUT2D eigenvalue weighted by molar-refractivity contribution is 7.92. The zero-order valence-corrected chi connectivity index (χ0v) is 19.3. The monoisotopic (exact) mass is 454 g/mol. The van der Waals surface area contributed by atoms with E-state index in [0.717, 1.165) is 12.8 Å². The Hall–Kier alpha value is -2.45. The third-order valence-electron chi connectivity index (χ3n) is 4.78. The summed E-state index contributed by atoms with van der Waals surface area (Å²) in [7, 11) is -1.16. The fourth-order valence-electron chi connectivity index (χ4n) is 2.93. The first kappa shape index (κ1) is 23.8. The maximum Gasteiger partial charge on any atom is 0.262 e. The second kappa shape index (κ2) is 10.0. The molecule has 164 valence electrons. The van der Waals surface area contributed by atoms with Gasteiger partial charge in [0.1, 0.15) is 11.5 Å². The van der Waals surface area contributed by atoms with E-state index in [9.17, 15) is 13.2 Å². The summed E-state index contributed by atoms with van der Waals surface area (Å²) in [6, 6.07) is 7.52. The quantitative estimate of drug-likeness (QED) is 0.586. The maximum atomic E-state index is 13.1. The van der Waals surface area contributed by atoms with E-state index in [1.807, 2.05) is 13.8 Å². The lowest BCUT2D eigenvalue weighted by atomic mass is 10.1. The highest BCUT2D eigenvalue weighted by Gasteiger charge is 2.22. The minimum Gasteiger partial charge on any atom is -0.495 e. The Balaban J connectivity index is 2.41. The van der Waals surface area contributed by atoms with E-state index in [2.05, 4.69) is 10.0 Å². The smallest absolute Gasteiger partial charge is 0.262 e. The molecule has 0 aliphatic heterocycles. The topological polar surface area (TPSA) is 93.7 Å². The van der Waals surface area contributed by atoms with Crippen LogP contribution in [0.25, 0.3) is 0 Å². The summed E-state index contributed by atoms with van der Waals surface area (Å²) in [5.74, 6) is 0.290. The lowest BCUT2D eigenvalue weighted by molar-refractivity contribution is 0.0934. The van der Waals surface area contributed by atoms with Crippen LogP contribution >= 0.6 is 11.6 Å². The number of anilines is 1. The first-order valence-corrected chi connectivity index (χ1v) is 11.4. The molecule has 0 bridgehead atoms. The van der Waals surface area contributed by atoms with Crippen molar-refractivity contribution in [1.82, 2.24) is 5.32 Å². The molecule has 0 saturated carbocycles. The molecule has 1 amide bonds. The average Bonchev–Trinajstić information content (AvgIpc) is 2.71. The Morgan fingerprint density at radius 3 is 2.27 bits per heavy atom. The maximum absolute atomic E-state index is 13.1. The highest BCUT2D eigenvalue weighted by Crippen LogP contribution is 2.37. The normalized spacial score (nSPS) is 11.3. The Morgan fingerprint density at radius 1 is 1.07 bits per heavy atom. The molecule has 0 atom stereocenters. The summed E-state index contributed by atoms with van der Waals surface area (Å²) in [6.45, 7) is 5.63. The van der Waals surface area contributed by atoms with Crippen molar-refractivity contribution in [3.8, 4) is 11.5 Å². The number of hydrogen-bond acceptors (Lipinski definition) is 5. The summed E-state index contributed by atoms with van der Waals surface area (Å²) in [4.78, 5) is 12.6. The van der Waals surface area contributed by atoms with Gasteiger partial charge in [-0.2, -0.15) is 0 Å². The molecule has 2 rings (SSSR count). The number of hydrogen-bond donors (Lipinski definition) is 2. The second-order valence-electron chi connectivity index (χ2n) is 6.76. The van der Waals surface area contributed by atoms with Crippen LogP contribution in [0.1, 0.15) is 42.6 Å². The van der Waals surface area contributed by atoms with Crippen LogP contribution in [0.3, 0.4) is 0 Å². The van der Waals surface area contributed by atoms with Crippen molar-refractivity contribution in [3.63, 3.8) is 0 Å². The van der Waals surface area contributed by atoms with E-state index in [0.29, 0.717) is 11.3 Å². The number of rotatable bonds is 9. The molecule has 0 fully saturated rings. The van der Waals surface area contributed by atoms with Gasteiger partial charge < -0.3 is 14.8 Å². The van der Waals surface area contributed by atoms with Gasteiger partial charge in [0.25, 0.3) is 15.9 Å². The third-order valence-corrected chi connectivity index (χ3v) is 6.58. The van der Waals surface area contributed by atoms with E-state index in [-0.39, 0.29) is 38.9 Å². The van der Waals surface area contributed by atoms with E-state index in [1.54, 1.807) is 19.1 Å². The van der Waals surface area contributed by atoms with Gasteiger partial charge >= 0.3 is 0 Å².